The van der Waals surface area contributed by atoms with Gasteiger partial charge in [0.2, 0.25) is 0 Å². The molecule has 1 aromatic heterocycles. The zero-order chi connectivity index (χ0) is 22.0. The van der Waals surface area contributed by atoms with E-state index in [0.717, 1.165) is 36.2 Å². The third-order valence-corrected chi connectivity index (χ3v) is 5.63. The highest BCUT2D eigenvalue weighted by molar-refractivity contribution is 5.81. The summed E-state index contributed by atoms with van der Waals surface area (Å²) in [6.45, 7) is 4.09. The fourth-order valence-corrected chi connectivity index (χ4v) is 4.04. The van der Waals surface area contributed by atoms with Gasteiger partial charge in [0.1, 0.15) is 24.0 Å². The number of aliphatic hydroxyl groups excluding tert-OH is 1. The van der Waals surface area contributed by atoms with Crippen molar-refractivity contribution in [1.29, 1.82) is 0 Å². The maximum absolute atomic E-state index is 11.6. The van der Waals surface area contributed by atoms with Crippen molar-refractivity contribution >= 4 is 11.0 Å². The van der Waals surface area contributed by atoms with Crippen LogP contribution in [0.25, 0.3) is 11.0 Å². The van der Waals surface area contributed by atoms with Crippen molar-refractivity contribution in [2.75, 3.05) is 33.9 Å². The molecule has 1 N–H and O–H groups in total. The lowest BCUT2D eigenvalue weighted by Gasteiger charge is -2.31. The Kier molecular flexibility index (Phi) is 6.15. The van der Waals surface area contributed by atoms with Crippen LogP contribution >= 0.6 is 0 Å². The molecule has 0 saturated carbocycles. The number of rotatable bonds is 7. The molecule has 1 atom stereocenters. The summed E-state index contributed by atoms with van der Waals surface area (Å²) in [5, 5.41) is 11.4. The third kappa shape index (κ3) is 4.68. The summed E-state index contributed by atoms with van der Waals surface area (Å²) in [7, 11) is 3.27. The van der Waals surface area contributed by atoms with Crippen LogP contribution in [0.1, 0.15) is 16.7 Å². The van der Waals surface area contributed by atoms with Crippen molar-refractivity contribution < 1.29 is 23.7 Å². The Hall–Kier alpha value is -3.03. The van der Waals surface area contributed by atoms with E-state index in [-0.39, 0.29) is 12.2 Å². The smallest absolute Gasteiger partial charge is 0.336 e. The molecule has 7 nitrogen and oxygen atoms in total. The molecule has 164 valence electrons. The second-order valence-electron chi connectivity index (χ2n) is 7.83. The minimum absolute atomic E-state index is 0.150. The Labute approximate surface area is 180 Å². The van der Waals surface area contributed by atoms with Gasteiger partial charge in [0.25, 0.3) is 0 Å². The molecule has 0 spiro atoms. The fraction of sp³-hybridized carbons (Fsp3) is 0.375. The van der Waals surface area contributed by atoms with Crippen molar-refractivity contribution in [3.63, 3.8) is 0 Å². The van der Waals surface area contributed by atoms with Gasteiger partial charge in [-0.05, 0) is 54.3 Å². The summed E-state index contributed by atoms with van der Waals surface area (Å²) in [5.41, 5.74) is 3.37. The monoisotopic (exact) mass is 425 g/mol. The summed E-state index contributed by atoms with van der Waals surface area (Å²) in [6.07, 6.45) is 0.230. The molecule has 0 bridgehead atoms. The molecular weight excluding hydrogens is 398 g/mol. The molecule has 7 heteroatoms. The first-order valence-electron chi connectivity index (χ1n) is 10.3. The van der Waals surface area contributed by atoms with E-state index in [9.17, 15) is 9.90 Å². The van der Waals surface area contributed by atoms with Gasteiger partial charge in [0.05, 0.1) is 14.2 Å². The average molecular weight is 425 g/mol. The summed E-state index contributed by atoms with van der Waals surface area (Å²) < 4.78 is 21.8. The standard InChI is InChI=1S/C24H27NO6/c1-15-8-24(27)31-21-11-19(4-5-20(15)21)30-14-18(26)13-25-7-6-16-9-22(28-2)23(29-3)10-17(16)12-25/h4-5,8-11,18,26H,6-7,12-14H2,1-3H3/t18-/m1/s1. The van der Waals surface area contributed by atoms with Crippen LogP contribution in [-0.2, 0) is 13.0 Å². The topological polar surface area (TPSA) is 81.4 Å². The molecule has 0 radical (unpaired) electrons. The number of benzene rings is 2. The first-order chi connectivity index (χ1) is 15.0. The molecule has 4 rings (SSSR count). The van der Waals surface area contributed by atoms with Gasteiger partial charge in [-0.3, -0.25) is 4.90 Å². The van der Waals surface area contributed by atoms with Gasteiger partial charge >= 0.3 is 5.63 Å². The first-order valence-corrected chi connectivity index (χ1v) is 10.3. The number of hydrogen-bond donors (Lipinski definition) is 1. The Bertz CT molecular complexity index is 1140. The third-order valence-electron chi connectivity index (χ3n) is 5.63. The molecule has 0 fully saturated rings. The maximum Gasteiger partial charge on any atom is 0.336 e. The number of methoxy groups -OCH3 is 2. The van der Waals surface area contributed by atoms with Crippen molar-refractivity contribution in [2.45, 2.75) is 26.0 Å². The Morgan fingerprint density at radius 2 is 1.84 bits per heavy atom. The molecule has 0 amide bonds. The van der Waals surface area contributed by atoms with Crippen LogP contribution in [0.3, 0.4) is 0 Å². The molecule has 1 aliphatic rings. The number of fused-ring (bicyclic) bond motifs is 2. The summed E-state index contributed by atoms with van der Waals surface area (Å²) in [4.78, 5) is 13.8. The molecule has 0 unspecified atom stereocenters. The minimum Gasteiger partial charge on any atom is -0.493 e. The molecule has 0 saturated heterocycles. The Morgan fingerprint density at radius 1 is 1.10 bits per heavy atom. The van der Waals surface area contributed by atoms with E-state index in [1.807, 2.05) is 31.2 Å². The van der Waals surface area contributed by atoms with Crippen LogP contribution in [-0.4, -0.2) is 50.0 Å². The van der Waals surface area contributed by atoms with E-state index in [1.54, 1.807) is 20.3 Å². The zero-order valence-corrected chi connectivity index (χ0v) is 18.0. The average Bonchev–Trinajstić information content (AvgIpc) is 2.76. The fourth-order valence-electron chi connectivity index (χ4n) is 4.04. The van der Waals surface area contributed by atoms with Crippen molar-refractivity contribution in [2.24, 2.45) is 0 Å². The zero-order valence-electron chi connectivity index (χ0n) is 18.0. The lowest BCUT2D eigenvalue weighted by molar-refractivity contribution is 0.0637. The van der Waals surface area contributed by atoms with Crippen LogP contribution in [0.5, 0.6) is 17.2 Å². The van der Waals surface area contributed by atoms with E-state index in [1.165, 1.54) is 17.2 Å². The van der Waals surface area contributed by atoms with Crippen molar-refractivity contribution in [3.8, 4) is 17.2 Å². The first kappa shape index (κ1) is 21.2. The van der Waals surface area contributed by atoms with Gasteiger partial charge in [0.15, 0.2) is 11.5 Å². The maximum atomic E-state index is 11.6. The Balaban J connectivity index is 1.37. The van der Waals surface area contributed by atoms with E-state index in [0.29, 0.717) is 23.6 Å². The number of hydrogen-bond acceptors (Lipinski definition) is 7. The SMILES string of the molecule is COc1cc2c(cc1OC)CN(C[C@@H](O)COc1ccc3c(C)cc(=O)oc3c1)CC2. The molecule has 31 heavy (non-hydrogen) atoms. The number of ether oxygens (including phenoxy) is 3. The molecule has 2 heterocycles. The lowest BCUT2D eigenvalue weighted by Crippen LogP contribution is -2.38. The number of aliphatic hydroxyl groups is 1. The van der Waals surface area contributed by atoms with Crippen LogP contribution in [0.2, 0.25) is 0 Å². The van der Waals surface area contributed by atoms with E-state index in [4.69, 9.17) is 18.6 Å². The second kappa shape index (κ2) is 8.99. The van der Waals surface area contributed by atoms with E-state index < -0.39 is 6.10 Å². The molecule has 0 aliphatic carbocycles. The van der Waals surface area contributed by atoms with Gasteiger partial charge < -0.3 is 23.7 Å². The molecular formula is C24H27NO6. The largest absolute Gasteiger partial charge is 0.493 e. The second-order valence-corrected chi connectivity index (χ2v) is 7.83. The predicted molar refractivity (Wildman–Crippen MR) is 117 cm³/mol. The van der Waals surface area contributed by atoms with Crippen molar-refractivity contribution in [1.82, 2.24) is 4.90 Å². The highest BCUT2D eigenvalue weighted by atomic mass is 16.5. The highest BCUT2D eigenvalue weighted by Crippen LogP contribution is 2.33. The van der Waals surface area contributed by atoms with Gasteiger partial charge in [-0.2, -0.15) is 0 Å². The summed E-state index contributed by atoms with van der Waals surface area (Å²) >= 11 is 0. The quantitative estimate of drug-likeness (QED) is 0.583. The van der Waals surface area contributed by atoms with Crippen LogP contribution in [0.4, 0.5) is 0 Å². The number of β-amino-alcohol motifs (C(OH)–C–C–N with tert-alkyl or cyclic N) is 1. The van der Waals surface area contributed by atoms with Gasteiger partial charge in [-0.25, -0.2) is 4.79 Å². The molecule has 1 aliphatic heterocycles. The molecule has 3 aromatic rings. The molecule has 2 aromatic carbocycles. The highest BCUT2D eigenvalue weighted by Gasteiger charge is 2.21. The summed E-state index contributed by atoms with van der Waals surface area (Å²) in [5.74, 6) is 2.01. The predicted octanol–water partition coefficient (Wildman–Crippen LogP) is 2.92. The van der Waals surface area contributed by atoms with E-state index in [2.05, 4.69) is 4.90 Å². The van der Waals surface area contributed by atoms with Gasteiger partial charge in [-0.1, -0.05) is 0 Å². The number of aryl methyl sites for hydroxylation is 1. The minimum atomic E-state index is -0.651. The van der Waals surface area contributed by atoms with Crippen LogP contribution < -0.4 is 19.8 Å². The normalized spacial score (nSPS) is 14.8. The van der Waals surface area contributed by atoms with Gasteiger partial charge in [-0.15, -0.1) is 0 Å². The summed E-state index contributed by atoms with van der Waals surface area (Å²) in [6, 6.07) is 10.9. The Morgan fingerprint density at radius 3 is 2.58 bits per heavy atom. The van der Waals surface area contributed by atoms with Crippen LogP contribution in [0, 0.1) is 6.92 Å². The van der Waals surface area contributed by atoms with E-state index >= 15 is 0 Å². The lowest BCUT2D eigenvalue weighted by atomic mass is 9.98. The van der Waals surface area contributed by atoms with Crippen molar-refractivity contribution in [3.05, 3.63) is 63.5 Å². The van der Waals surface area contributed by atoms with Gasteiger partial charge in [0, 0.05) is 37.2 Å². The number of nitrogens with zero attached hydrogens (tertiary/aromatic N) is 1. The van der Waals surface area contributed by atoms with Crippen LogP contribution in [0.15, 0.2) is 45.6 Å².